The van der Waals surface area contributed by atoms with Crippen LogP contribution >= 0.6 is 0 Å². The van der Waals surface area contributed by atoms with Crippen molar-refractivity contribution in [1.29, 1.82) is 0 Å². The highest BCUT2D eigenvalue weighted by atomic mass is 14.7. The fraction of sp³-hybridized carbons (Fsp3) is 0.375. The first-order valence-electron chi connectivity index (χ1n) is 3.08. The summed E-state index contributed by atoms with van der Waals surface area (Å²) in [6, 6.07) is 0. The number of aliphatic imine (C=N–C) groups is 1. The molecule has 0 aromatic heterocycles. The second kappa shape index (κ2) is 5.29. The summed E-state index contributed by atoms with van der Waals surface area (Å²) in [5.41, 5.74) is 1.18. The molecule has 0 bridgehead atoms. The summed E-state index contributed by atoms with van der Waals surface area (Å²) in [7, 11) is 0. The van der Waals surface area contributed by atoms with Crippen LogP contribution in [0.1, 0.15) is 20.8 Å². The average Bonchev–Trinajstić information content (AvgIpc) is 1.85. The molecule has 0 aromatic rings. The molecule has 0 fully saturated rings. The van der Waals surface area contributed by atoms with Crippen molar-refractivity contribution in [2.24, 2.45) is 4.99 Å². The maximum Gasteiger partial charge on any atom is 0.0292 e. The Morgan fingerprint density at radius 2 is 2.00 bits per heavy atom. The van der Waals surface area contributed by atoms with E-state index in [1.54, 1.807) is 6.21 Å². The molecule has 1 heteroatoms. The molecule has 0 radical (unpaired) electrons. The van der Waals surface area contributed by atoms with Crippen LogP contribution in [-0.2, 0) is 0 Å². The van der Waals surface area contributed by atoms with E-state index in [2.05, 4.69) is 4.99 Å². The van der Waals surface area contributed by atoms with Gasteiger partial charge in [-0.05, 0) is 26.3 Å². The smallest absolute Gasteiger partial charge is 0.0292 e. The molecule has 1 nitrogen and oxygen atoms in total. The highest BCUT2D eigenvalue weighted by Crippen LogP contribution is 1.93. The van der Waals surface area contributed by atoms with Crippen LogP contribution < -0.4 is 0 Å². The van der Waals surface area contributed by atoms with Crippen molar-refractivity contribution < 1.29 is 0 Å². The first-order valence-corrected chi connectivity index (χ1v) is 3.08. The van der Waals surface area contributed by atoms with Gasteiger partial charge in [-0.2, -0.15) is 0 Å². The lowest BCUT2D eigenvalue weighted by Gasteiger charge is -1.83. The van der Waals surface area contributed by atoms with Crippen molar-refractivity contribution >= 4 is 6.21 Å². The van der Waals surface area contributed by atoms with Gasteiger partial charge in [0.25, 0.3) is 0 Å². The summed E-state index contributed by atoms with van der Waals surface area (Å²) in [4.78, 5) is 3.95. The number of hydrogen-bond acceptors (Lipinski definition) is 1. The van der Waals surface area contributed by atoms with E-state index in [-0.39, 0.29) is 0 Å². The monoisotopic (exact) mass is 123 g/mol. The van der Waals surface area contributed by atoms with Crippen molar-refractivity contribution in [3.63, 3.8) is 0 Å². The Labute approximate surface area is 56.8 Å². The van der Waals surface area contributed by atoms with Crippen LogP contribution in [-0.4, -0.2) is 6.21 Å². The van der Waals surface area contributed by atoms with E-state index in [4.69, 9.17) is 0 Å². The number of nitrogens with zero attached hydrogens (tertiary/aromatic N) is 1. The third-order valence-electron chi connectivity index (χ3n) is 0.857. The zero-order valence-electron chi connectivity index (χ0n) is 6.26. The molecule has 0 unspecified atom stereocenters. The second-order valence-corrected chi connectivity index (χ2v) is 1.78. The summed E-state index contributed by atoms with van der Waals surface area (Å²) in [6.07, 6.45) is 7.62. The van der Waals surface area contributed by atoms with Gasteiger partial charge < -0.3 is 0 Å². The molecule has 0 N–H and O–H groups in total. The highest BCUT2D eigenvalue weighted by Gasteiger charge is 1.73. The van der Waals surface area contributed by atoms with Gasteiger partial charge in [-0.1, -0.05) is 12.2 Å². The van der Waals surface area contributed by atoms with Crippen LogP contribution in [0.25, 0.3) is 0 Å². The Kier molecular flexibility index (Phi) is 4.79. The van der Waals surface area contributed by atoms with E-state index >= 15 is 0 Å². The molecule has 0 saturated heterocycles. The summed E-state index contributed by atoms with van der Waals surface area (Å²) >= 11 is 0. The van der Waals surface area contributed by atoms with Crippen LogP contribution in [0.3, 0.4) is 0 Å². The quantitative estimate of drug-likeness (QED) is 0.395. The summed E-state index contributed by atoms with van der Waals surface area (Å²) in [6.45, 7) is 5.92. The van der Waals surface area contributed by atoms with Gasteiger partial charge in [0.2, 0.25) is 0 Å². The normalized spacial score (nSPS) is 13.9. The molecule has 0 aliphatic heterocycles. The Bertz CT molecular complexity index is 141. The van der Waals surface area contributed by atoms with Gasteiger partial charge in [0.05, 0.1) is 0 Å². The van der Waals surface area contributed by atoms with Crippen molar-refractivity contribution in [2.75, 3.05) is 0 Å². The first-order chi connectivity index (χ1) is 4.31. The third-order valence-corrected chi connectivity index (χ3v) is 0.857. The lowest BCUT2D eigenvalue weighted by atomic mass is 10.3. The zero-order valence-corrected chi connectivity index (χ0v) is 6.26. The van der Waals surface area contributed by atoms with E-state index in [9.17, 15) is 0 Å². The SMILES string of the molecule is C\C=N/C=C(C)\C=C\C. The minimum Gasteiger partial charge on any atom is -0.269 e. The fourth-order valence-corrected chi connectivity index (χ4v) is 0.498. The van der Waals surface area contributed by atoms with Crippen LogP contribution in [0, 0.1) is 0 Å². The van der Waals surface area contributed by atoms with E-state index in [0.717, 1.165) is 0 Å². The molecule has 0 atom stereocenters. The molecule has 50 valence electrons. The third kappa shape index (κ3) is 5.01. The lowest BCUT2D eigenvalue weighted by molar-refractivity contribution is 1.42. The largest absolute Gasteiger partial charge is 0.269 e. The van der Waals surface area contributed by atoms with Crippen molar-refractivity contribution in [3.05, 3.63) is 23.9 Å². The molecular weight excluding hydrogens is 110 g/mol. The predicted octanol–water partition coefficient (Wildman–Crippen LogP) is 2.56. The van der Waals surface area contributed by atoms with Gasteiger partial charge in [0.1, 0.15) is 0 Å². The van der Waals surface area contributed by atoms with Gasteiger partial charge in [0, 0.05) is 12.4 Å². The molecule has 0 rings (SSSR count). The molecule has 0 spiro atoms. The minimum atomic E-state index is 1.18. The van der Waals surface area contributed by atoms with E-state index in [1.807, 2.05) is 39.1 Å². The van der Waals surface area contributed by atoms with Gasteiger partial charge in [-0.25, -0.2) is 0 Å². The van der Waals surface area contributed by atoms with E-state index in [1.165, 1.54) is 5.57 Å². The molecule has 0 saturated carbocycles. The molecular formula is C8H13N. The lowest BCUT2D eigenvalue weighted by Crippen LogP contribution is -1.64. The Morgan fingerprint density at radius 1 is 1.33 bits per heavy atom. The summed E-state index contributed by atoms with van der Waals surface area (Å²) in [5, 5.41) is 0. The highest BCUT2D eigenvalue weighted by molar-refractivity contribution is 5.54. The van der Waals surface area contributed by atoms with Crippen LogP contribution in [0.4, 0.5) is 0 Å². The van der Waals surface area contributed by atoms with Gasteiger partial charge in [0.15, 0.2) is 0 Å². The molecule has 0 amide bonds. The molecule has 0 aliphatic carbocycles. The molecule has 0 heterocycles. The topological polar surface area (TPSA) is 12.4 Å². The minimum absolute atomic E-state index is 1.18. The number of rotatable bonds is 2. The Hall–Kier alpha value is -0.850. The summed E-state index contributed by atoms with van der Waals surface area (Å²) < 4.78 is 0. The van der Waals surface area contributed by atoms with Crippen LogP contribution in [0.2, 0.25) is 0 Å². The van der Waals surface area contributed by atoms with Crippen molar-refractivity contribution in [2.45, 2.75) is 20.8 Å². The predicted molar refractivity (Wildman–Crippen MR) is 42.7 cm³/mol. The van der Waals surface area contributed by atoms with Crippen LogP contribution in [0.5, 0.6) is 0 Å². The van der Waals surface area contributed by atoms with Crippen molar-refractivity contribution in [3.8, 4) is 0 Å². The zero-order chi connectivity index (χ0) is 7.11. The van der Waals surface area contributed by atoms with Gasteiger partial charge in [-0.3, -0.25) is 4.99 Å². The maximum atomic E-state index is 3.95. The van der Waals surface area contributed by atoms with E-state index < -0.39 is 0 Å². The van der Waals surface area contributed by atoms with Crippen molar-refractivity contribution in [1.82, 2.24) is 0 Å². The molecule has 9 heavy (non-hydrogen) atoms. The first kappa shape index (κ1) is 8.15. The van der Waals surface area contributed by atoms with Gasteiger partial charge >= 0.3 is 0 Å². The molecule has 0 aromatic carbocycles. The Balaban J connectivity index is 3.84. The molecule has 0 aliphatic rings. The number of allylic oxidation sites excluding steroid dienone is 3. The fourth-order valence-electron chi connectivity index (χ4n) is 0.498. The maximum absolute atomic E-state index is 3.95. The average molecular weight is 123 g/mol. The van der Waals surface area contributed by atoms with Crippen LogP contribution in [0.15, 0.2) is 28.9 Å². The summed E-state index contributed by atoms with van der Waals surface area (Å²) in [5.74, 6) is 0. The standard InChI is InChI=1S/C8H13N/c1-4-6-8(3)7-9-5-2/h4-7H,1-3H3/b6-4+,8-7-,9-5-. The number of hydrogen-bond donors (Lipinski definition) is 0. The van der Waals surface area contributed by atoms with E-state index in [0.29, 0.717) is 0 Å². The van der Waals surface area contributed by atoms with Gasteiger partial charge in [-0.15, -0.1) is 0 Å². The Morgan fingerprint density at radius 3 is 2.44 bits per heavy atom. The second-order valence-electron chi connectivity index (χ2n) is 1.78.